The largest absolute Gasteiger partial charge is 0.466 e. The van der Waals surface area contributed by atoms with Crippen LogP contribution in [0.25, 0.3) is 0 Å². The number of rotatable bonds is 14. The molecular formula is C27H28F26O2. The van der Waals surface area contributed by atoms with E-state index in [1.807, 2.05) is 0 Å². The molecule has 0 aromatic heterocycles. The molecule has 0 saturated carbocycles. The quantitative estimate of drug-likeness (QED) is 0.0987. The Labute approximate surface area is 292 Å². The summed E-state index contributed by atoms with van der Waals surface area (Å²) in [5.41, 5.74) is -12.7. The fraction of sp³-hybridized carbons (Fsp3) is 0.889. The van der Waals surface area contributed by atoms with Crippen LogP contribution in [0.3, 0.4) is 0 Å². The van der Waals surface area contributed by atoms with E-state index in [-0.39, 0.29) is 0 Å². The minimum atomic E-state index is -6.84. The maximum absolute atomic E-state index is 13.7. The molecule has 55 heavy (non-hydrogen) atoms. The molecule has 0 radical (unpaired) electrons. The van der Waals surface area contributed by atoms with Crippen molar-refractivity contribution in [3.8, 4) is 0 Å². The third-order valence-corrected chi connectivity index (χ3v) is 7.55. The Kier molecular flexibility index (Phi) is 18.2. The standard InChI is InChI=1S/C15H17F13O2.C12H11F13/c1-7(6-30-8(2)29)3-9(12(17,18)19)4-10(13(20,21)22)5-11(16,14(23,24)25)15(26,27)28;1-2-3-6(9(14,15)16)4-7(10(17,18)19)5-8(13,11(20,21)22)12(23,24)25/h7,9-10H,3-6H2,1-2H3;2,6-7H,1,3-5H2. The summed E-state index contributed by atoms with van der Waals surface area (Å²) < 4.78 is 336. The second-order valence-electron chi connectivity index (χ2n) is 12.1. The molecule has 0 aliphatic carbocycles. The molecule has 0 aliphatic heterocycles. The Balaban J connectivity index is 0. The van der Waals surface area contributed by atoms with Crippen molar-refractivity contribution in [1.82, 2.24) is 0 Å². The summed E-state index contributed by atoms with van der Waals surface area (Å²) >= 11 is 0. The van der Waals surface area contributed by atoms with E-state index in [9.17, 15) is 119 Å². The van der Waals surface area contributed by atoms with Gasteiger partial charge in [0.05, 0.1) is 30.3 Å². The zero-order valence-electron chi connectivity index (χ0n) is 27.3. The molecule has 0 spiro atoms. The van der Waals surface area contributed by atoms with Gasteiger partial charge < -0.3 is 4.74 Å². The van der Waals surface area contributed by atoms with Crippen molar-refractivity contribution in [2.75, 3.05) is 6.61 Å². The van der Waals surface area contributed by atoms with Gasteiger partial charge in [0, 0.05) is 19.8 Å². The third kappa shape index (κ3) is 16.4. The van der Waals surface area contributed by atoms with Gasteiger partial charge in [0.1, 0.15) is 0 Å². The van der Waals surface area contributed by atoms with Crippen LogP contribution in [0, 0.1) is 29.6 Å². The summed E-state index contributed by atoms with van der Waals surface area (Å²) in [6.45, 7) is 4.02. The molecule has 28 heteroatoms. The van der Waals surface area contributed by atoms with Gasteiger partial charge in [0.25, 0.3) is 11.3 Å². The topological polar surface area (TPSA) is 26.3 Å². The number of hydrogen-bond donors (Lipinski definition) is 0. The van der Waals surface area contributed by atoms with Gasteiger partial charge in [-0.25, -0.2) is 8.78 Å². The Morgan fingerprint density at radius 2 is 0.764 bits per heavy atom. The van der Waals surface area contributed by atoms with Crippen LogP contribution in [0.15, 0.2) is 12.7 Å². The molecule has 0 saturated heterocycles. The predicted molar refractivity (Wildman–Crippen MR) is 134 cm³/mol. The smallest absolute Gasteiger partial charge is 0.431 e. The number of ether oxygens (including phenoxy) is 1. The minimum absolute atomic E-state index is 0.502. The molecule has 0 bridgehead atoms. The summed E-state index contributed by atoms with van der Waals surface area (Å²) in [5, 5.41) is 0. The molecular weight excluding hydrogens is 850 g/mol. The highest BCUT2D eigenvalue weighted by atomic mass is 19.5. The van der Waals surface area contributed by atoms with Gasteiger partial charge in [-0.1, -0.05) is 13.0 Å². The highest BCUT2D eigenvalue weighted by Crippen LogP contribution is 2.55. The summed E-state index contributed by atoms with van der Waals surface area (Å²) in [5.74, 6) is -15.9. The predicted octanol–water partition coefficient (Wildman–Crippen LogP) is 13.1. The first-order valence-electron chi connectivity index (χ1n) is 14.4. The zero-order chi connectivity index (χ0) is 44.8. The van der Waals surface area contributed by atoms with Gasteiger partial charge in [-0.05, 0) is 31.6 Å². The first-order chi connectivity index (χ1) is 23.8. The molecule has 0 heterocycles. The number of carbonyl (C=O) groups is 1. The first-order valence-corrected chi connectivity index (χ1v) is 14.4. The highest BCUT2D eigenvalue weighted by Gasteiger charge is 2.75. The van der Waals surface area contributed by atoms with Crippen LogP contribution < -0.4 is 0 Å². The zero-order valence-corrected chi connectivity index (χ0v) is 27.3. The first kappa shape index (κ1) is 54.5. The van der Waals surface area contributed by atoms with Gasteiger partial charge in [0.15, 0.2) is 0 Å². The van der Waals surface area contributed by atoms with Crippen LogP contribution in [0.5, 0.6) is 0 Å². The molecule has 5 unspecified atom stereocenters. The summed E-state index contributed by atoms with van der Waals surface area (Å²) in [6.07, 6.45) is -62.9. The maximum Gasteiger partial charge on any atom is 0.431 e. The Morgan fingerprint density at radius 1 is 0.491 bits per heavy atom. The van der Waals surface area contributed by atoms with Crippen molar-refractivity contribution in [3.05, 3.63) is 12.7 Å². The summed E-state index contributed by atoms with van der Waals surface area (Å²) in [6, 6.07) is 0. The average molecular weight is 878 g/mol. The minimum Gasteiger partial charge on any atom is -0.466 e. The third-order valence-electron chi connectivity index (χ3n) is 7.55. The molecule has 0 rings (SSSR count). The van der Waals surface area contributed by atoms with Crippen LogP contribution in [-0.2, 0) is 9.53 Å². The second kappa shape index (κ2) is 18.3. The summed E-state index contributed by atoms with van der Waals surface area (Å²) in [7, 11) is 0. The number of hydrogen-bond acceptors (Lipinski definition) is 2. The van der Waals surface area contributed by atoms with Crippen LogP contribution in [0.1, 0.15) is 52.4 Å². The van der Waals surface area contributed by atoms with Crippen molar-refractivity contribution in [2.45, 2.75) is 113 Å². The summed E-state index contributed by atoms with van der Waals surface area (Å²) in [4.78, 5) is 10.6. The van der Waals surface area contributed by atoms with Crippen molar-refractivity contribution >= 4 is 5.97 Å². The normalized spacial score (nSPS) is 17.4. The van der Waals surface area contributed by atoms with Crippen LogP contribution in [0.2, 0.25) is 0 Å². The number of halogens is 26. The van der Waals surface area contributed by atoms with Gasteiger partial charge in [0.2, 0.25) is 0 Å². The van der Waals surface area contributed by atoms with Gasteiger partial charge in [-0.3, -0.25) is 4.79 Å². The fourth-order valence-electron chi connectivity index (χ4n) is 4.56. The average Bonchev–Trinajstić information content (AvgIpc) is 2.90. The number of carbonyl (C=O) groups excluding carboxylic acids is 1. The fourth-order valence-corrected chi connectivity index (χ4v) is 4.56. The Morgan fingerprint density at radius 3 is 0.982 bits per heavy atom. The lowest BCUT2D eigenvalue weighted by Gasteiger charge is -2.35. The number of esters is 1. The number of alkyl halides is 26. The van der Waals surface area contributed by atoms with E-state index < -0.39 is 141 Å². The van der Waals surface area contributed by atoms with E-state index in [1.54, 1.807) is 0 Å². The molecule has 0 aliphatic rings. The van der Waals surface area contributed by atoms with Crippen molar-refractivity contribution in [3.63, 3.8) is 0 Å². The van der Waals surface area contributed by atoms with E-state index in [1.165, 1.54) is 0 Å². The van der Waals surface area contributed by atoms with E-state index in [4.69, 9.17) is 0 Å². The Bertz CT molecular complexity index is 1150. The van der Waals surface area contributed by atoms with Crippen LogP contribution >= 0.6 is 0 Å². The van der Waals surface area contributed by atoms with Gasteiger partial charge >= 0.3 is 55.4 Å². The highest BCUT2D eigenvalue weighted by molar-refractivity contribution is 5.65. The molecule has 2 nitrogen and oxygen atoms in total. The van der Waals surface area contributed by atoms with Crippen LogP contribution in [0.4, 0.5) is 114 Å². The molecule has 0 aromatic rings. The molecule has 0 amide bonds. The van der Waals surface area contributed by atoms with Gasteiger partial charge in [-0.2, -0.15) is 105 Å². The second-order valence-corrected chi connectivity index (χ2v) is 12.1. The Hall–Kier alpha value is -2.61. The monoisotopic (exact) mass is 878 g/mol. The van der Waals surface area contributed by atoms with Crippen molar-refractivity contribution < 1.29 is 124 Å². The molecule has 5 atom stereocenters. The molecule has 330 valence electrons. The lowest BCUT2D eigenvalue weighted by molar-refractivity contribution is -0.354. The van der Waals surface area contributed by atoms with Crippen molar-refractivity contribution in [2.24, 2.45) is 29.6 Å². The maximum atomic E-state index is 13.7. The lowest BCUT2D eigenvalue weighted by Crippen LogP contribution is -2.55. The molecule has 0 fully saturated rings. The SMILES string of the molecule is C=CCC(CC(CC(F)(C(F)(F)F)C(F)(F)F)C(F)(F)F)C(F)(F)F.CC(=O)OCC(C)CC(CC(CC(F)(C(F)(F)F)C(F)(F)F)C(F)(F)F)C(F)(F)F. The molecule has 0 aromatic carbocycles. The molecule has 0 N–H and O–H groups in total. The van der Waals surface area contributed by atoms with E-state index in [0.717, 1.165) is 13.8 Å². The van der Waals surface area contributed by atoms with Crippen LogP contribution in [-0.4, -0.2) is 73.3 Å². The lowest BCUT2D eigenvalue weighted by atomic mass is 9.81. The van der Waals surface area contributed by atoms with E-state index in [0.29, 0.717) is 6.08 Å². The van der Waals surface area contributed by atoms with Gasteiger partial charge in [-0.15, -0.1) is 6.58 Å². The van der Waals surface area contributed by atoms with Crippen molar-refractivity contribution in [1.29, 1.82) is 0 Å². The number of allylic oxidation sites excluding steroid dienone is 1. The van der Waals surface area contributed by atoms with E-state index >= 15 is 0 Å². The van der Waals surface area contributed by atoms with E-state index in [2.05, 4.69) is 11.3 Å².